The molecule has 2 aromatic rings. The Hall–Kier alpha value is -3.30. The molecule has 8 aliphatic rings. The van der Waals surface area contributed by atoms with E-state index in [0.29, 0.717) is 36.8 Å². The Kier molecular flexibility index (Phi) is 19.5. The Morgan fingerprint density at radius 3 is 1.80 bits per heavy atom. The molecule has 0 radical (unpaired) electrons. The summed E-state index contributed by atoms with van der Waals surface area (Å²) < 4.78 is 81.3. The summed E-state index contributed by atoms with van der Waals surface area (Å²) in [6, 6.07) is 17.9. The number of carbonyl (C=O) groups is 2. The molecule has 0 spiro atoms. The number of ether oxygens (including phenoxy) is 13. The van der Waals surface area contributed by atoms with E-state index in [-0.39, 0.29) is 41.6 Å². The number of benzene rings is 2. The largest absolute Gasteiger partial charge is 0.459 e. The summed E-state index contributed by atoms with van der Waals surface area (Å²) in [5.41, 5.74) is -1.34. The molecule has 4 aliphatic heterocycles. The van der Waals surface area contributed by atoms with Crippen LogP contribution in [-0.2, 0) is 61.6 Å². The summed E-state index contributed by atoms with van der Waals surface area (Å²) >= 11 is 0. The third-order valence-electron chi connectivity index (χ3n) is 21.0. The van der Waals surface area contributed by atoms with Gasteiger partial charge in [-0.3, -0.25) is 0 Å². The average molecular weight is 1170 g/mol. The lowest BCUT2D eigenvalue weighted by Crippen LogP contribution is -2.68. The van der Waals surface area contributed by atoms with Crippen LogP contribution in [0.15, 0.2) is 60.7 Å². The van der Waals surface area contributed by atoms with Crippen molar-refractivity contribution in [3.63, 3.8) is 0 Å². The average Bonchev–Trinajstić information content (AvgIpc) is 2.38. The minimum Gasteiger partial charge on any atom is -0.459 e. The van der Waals surface area contributed by atoms with E-state index >= 15 is 0 Å². The van der Waals surface area contributed by atoms with Gasteiger partial charge in [-0.05, 0) is 126 Å². The highest BCUT2D eigenvalue weighted by Gasteiger charge is 2.72. The maximum atomic E-state index is 14.1. The molecule has 6 N–H and O–H groups in total. The minimum absolute atomic E-state index is 0.0475. The van der Waals surface area contributed by atoms with E-state index in [4.69, 9.17) is 61.6 Å². The molecule has 4 saturated heterocycles. The molecule has 464 valence electrons. The maximum absolute atomic E-state index is 14.1. The molecule has 10 rings (SSSR count). The van der Waals surface area contributed by atoms with Crippen molar-refractivity contribution in [2.45, 2.75) is 240 Å². The van der Waals surface area contributed by atoms with Crippen LogP contribution in [0.5, 0.6) is 0 Å². The first kappa shape index (κ1) is 62.7. The van der Waals surface area contributed by atoms with E-state index in [1.54, 1.807) is 57.5 Å². The number of rotatable bonds is 17. The monoisotopic (exact) mass is 1170 g/mol. The molecule has 4 heterocycles. The first-order valence-corrected chi connectivity index (χ1v) is 30.1. The van der Waals surface area contributed by atoms with E-state index in [0.717, 1.165) is 32.1 Å². The number of carbonyl (C=O) groups excluding carboxylic acids is 2. The first-order valence-electron chi connectivity index (χ1n) is 30.1. The molecule has 83 heavy (non-hydrogen) atoms. The SMILES string of the molecule is CO[C@H]1[C@@H](O)[C@H](O[C@H]2[C@@H](OC)C[C@H](O[C@H]3[C@@H](OC)C[C@H](O[C@H]4CC[C@@]5(C)[C@@H](CC[C@@H]6[C@@H]5C[C@@H](OC(=O)c5ccccc5)[C@]5(C)[C@@H]([C@@H](C)OC(=O)c7ccccc7)CC[C@]65O)C4)O[C@@H]3C)O[C@@H]2C)O[C@H](C)[C@H]1O[C@@H]1O[C@H](CO)[C@@H](O)[C@H](O)[C@H]1O. The van der Waals surface area contributed by atoms with Crippen LogP contribution in [0.2, 0.25) is 0 Å². The molecule has 2 aromatic carbocycles. The van der Waals surface area contributed by atoms with Gasteiger partial charge in [-0.15, -0.1) is 0 Å². The number of aliphatic hydroxyl groups is 6. The van der Waals surface area contributed by atoms with E-state index in [2.05, 4.69) is 13.8 Å². The lowest BCUT2D eigenvalue weighted by molar-refractivity contribution is -0.373. The molecule has 21 heteroatoms. The molecule has 0 bridgehead atoms. The van der Waals surface area contributed by atoms with Gasteiger partial charge in [0.1, 0.15) is 67.1 Å². The molecule has 4 saturated carbocycles. The van der Waals surface area contributed by atoms with Crippen LogP contribution in [0.3, 0.4) is 0 Å². The standard InChI is InChI=1S/C62H90O21/c1-31(76-56(68)35-16-12-10-13-17-35)39-23-25-62(70)40-21-20-37-26-38(22-24-60(37,5)41(40)27-45(61(39,62)6)80-57(69)36-18-14-11-15-19-36)78-46-28-42(71-7)52(32(2)74-46)81-47-29-43(72-8)53(33(3)75-47)82-59-51(67)55(73-9)54(34(4)77-59)83-58-50(66)49(65)48(64)44(30-63)79-58/h10-19,31-34,37-55,58-59,63-67,70H,20-30H2,1-9H3/t31-,32-,33-,34-,37+,38+,39-,40-,41+,42+,43+,44-,45-,46+,47+,48-,49+,50-,51-,52-,53-,54-,55+,58+,59+,60+,61+,62+/m1/s1. The molecule has 8 fully saturated rings. The van der Waals surface area contributed by atoms with Gasteiger partial charge in [0.2, 0.25) is 0 Å². The summed E-state index contributed by atoms with van der Waals surface area (Å²) in [6.45, 7) is 11.1. The van der Waals surface area contributed by atoms with Crippen molar-refractivity contribution in [3.8, 4) is 0 Å². The van der Waals surface area contributed by atoms with Crippen molar-refractivity contribution in [2.24, 2.45) is 34.5 Å². The van der Waals surface area contributed by atoms with Crippen LogP contribution in [0.4, 0.5) is 0 Å². The number of fused-ring (bicyclic) bond motifs is 5. The molecule has 0 unspecified atom stereocenters. The smallest absolute Gasteiger partial charge is 0.338 e. The second kappa shape index (κ2) is 25.8. The van der Waals surface area contributed by atoms with Gasteiger partial charge in [0, 0.05) is 45.5 Å². The van der Waals surface area contributed by atoms with E-state index in [9.17, 15) is 40.2 Å². The molecule has 4 aliphatic carbocycles. The second-order valence-electron chi connectivity index (χ2n) is 25.3. The Morgan fingerprint density at radius 2 is 1.18 bits per heavy atom. The molecular formula is C62H90O21. The fourth-order valence-corrected chi connectivity index (χ4v) is 16.4. The van der Waals surface area contributed by atoms with Gasteiger partial charge in [-0.1, -0.05) is 50.2 Å². The molecule has 0 amide bonds. The third-order valence-corrected chi connectivity index (χ3v) is 21.0. The minimum atomic E-state index is -1.67. The van der Waals surface area contributed by atoms with Crippen molar-refractivity contribution in [2.75, 3.05) is 27.9 Å². The van der Waals surface area contributed by atoms with Gasteiger partial charge in [0.15, 0.2) is 25.2 Å². The van der Waals surface area contributed by atoms with Gasteiger partial charge >= 0.3 is 11.9 Å². The fourth-order valence-electron chi connectivity index (χ4n) is 16.4. The van der Waals surface area contributed by atoms with Crippen LogP contribution in [0, 0.1) is 34.5 Å². The highest BCUT2D eigenvalue weighted by Crippen LogP contribution is 2.70. The Morgan fingerprint density at radius 1 is 0.602 bits per heavy atom. The van der Waals surface area contributed by atoms with E-state index in [1.165, 1.54) is 7.11 Å². The highest BCUT2D eigenvalue weighted by atomic mass is 16.8. The van der Waals surface area contributed by atoms with Crippen LogP contribution < -0.4 is 0 Å². The maximum Gasteiger partial charge on any atom is 0.338 e. The van der Waals surface area contributed by atoms with Gasteiger partial charge in [0.25, 0.3) is 0 Å². The highest BCUT2D eigenvalue weighted by molar-refractivity contribution is 5.90. The number of methoxy groups -OCH3 is 3. The van der Waals surface area contributed by atoms with Gasteiger partial charge in [-0.25, -0.2) is 9.59 Å². The predicted molar refractivity (Wildman–Crippen MR) is 293 cm³/mol. The number of hydrogen-bond acceptors (Lipinski definition) is 21. The van der Waals surface area contributed by atoms with E-state index < -0.39 is 152 Å². The summed E-state index contributed by atoms with van der Waals surface area (Å²) in [6.07, 6.45) is -12.5. The van der Waals surface area contributed by atoms with E-state index in [1.807, 2.05) is 45.0 Å². The van der Waals surface area contributed by atoms with Crippen molar-refractivity contribution >= 4 is 11.9 Å². The normalized spacial score (nSPS) is 46.6. The zero-order valence-electron chi connectivity index (χ0n) is 49.3. The molecular weight excluding hydrogens is 1080 g/mol. The first-order chi connectivity index (χ1) is 39.7. The molecule has 28 atom stereocenters. The summed E-state index contributed by atoms with van der Waals surface area (Å²) in [5, 5.41) is 65.9. The Labute approximate surface area is 486 Å². The van der Waals surface area contributed by atoms with Crippen LogP contribution in [-0.4, -0.2) is 205 Å². The third kappa shape index (κ3) is 12.0. The summed E-state index contributed by atoms with van der Waals surface area (Å²) in [4.78, 5) is 27.5. The molecule has 0 aromatic heterocycles. The van der Waals surface area contributed by atoms with Crippen LogP contribution in [0.1, 0.15) is 126 Å². The summed E-state index contributed by atoms with van der Waals surface area (Å²) in [5.74, 6) is -0.819. The van der Waals surface area contributed by atoms with Crippen LogP contribution in [0.25, 0.3) is 0 Å². The van der Waals surface area contributed by atoms with Crippen molar-refractivity contribution in [1.29, 1.82) is 0 Å². The predicted octanol–water partition coefficient (Wildman–Crippen LogP) is 4.60. The number of esters is 2. The van der Waals surface area contributed by atoms with Gasteiger partial charge < -0.3 is 92.2 Å². The van der Waals surface area contributed by atoms with Crippen LogP contribution >= 0.6 is 0 Å². The Balaban J connectivity index is 0.751. The topological polar surface area (TPSA) is 276 Å². The lowest BCUT2D eigenvalue weighted by Gasteiger charge is -2.65. The zero-order chi connectivity index (χ0) is 59.3. The fraction of sp³-hybridized carbons (Fsp3) is 0.774. The van der Waals surface area contributed by atoms with Crippen molar-refractivity contribution in [1.82, 2.24) is 0 Å². The summed E-state index contributed by atoms with van der Waals surface area (Å²) in [7, 11) is 4.58. The lowest BCUT2D eigenvalue weighted by atomic mass is 9.42. The zero-order valence-corrected chi connectivity index (χ0v) is 49.3. The van der Waals surface area contributed by atoms with Crippen molar-refractivity contribution in [3.05, 3.63) is 71.8 Å². The number of aliphatic hydroxyl groups excluding tert-OH is 5. The number of hydrogen-bond donors (Lipinski definition) is 6. The quantitative estimate of drug-likeness (QED) is 0.0933. The van der Waals surface area contributed by atoms with Crippen molar-refractivity contribution < 1.29 is 102 Å². The molecule has 21 nitrogen and oxygen atoms in total. The van der Waals surface area contributed by atoms with Gasteiger partial charge in [-0.2, -0.15) is 0 Å². The Bertz CT molecular complexity index is 2460. The van der Waals surface area contributed by atoms with Gasteiger partial charge in [0.05, 0.1) is 60.0 Å². The second-order valence-corrected chi connectivity index (χ2v) is 25.3.